The summed E-state index contributed by atoms with van der Waals surface area (Å²) in [6.45, 7) is 17.6. The fourth-order valence-electron chi connectivity index (χ4n) is 6.20. The summed E-state index contributed by atoms with van der Waals surface area (Å²) in [4.78, 5) is 0. The van der Waals surface area contributed by atoms with Gasteiger partial charge in [0.05, 0.1) is 23.6 Å². The van der Waals surface area contributed by atoms with Crippen molar-refractivity contribution < 1.29 is 0 Å². The lowest BCUT2D eigenvalue weighted by atomic mass is 9.56. The van der Waals surface area contributed by atoms with Gasteiger partial charge in [-0.15, -0.1) is 0 Å². The second kappa shape index (κ2) is 9.70. The third-order valence-corrected chi connectivity index (χ3v) is 15.7. The van der Waals surface area contributed by atoms with Crippen molar-refractivity contribution in [1.29, 1.82) is 10.5 Å². The Labute approximate surface area is 237 Å². The van der Waals surface area contributed by atoms with Crippen molar-refractivity contribution in [3.63, 3.8) is 0 Å². The van der Waals surface area contributed by atoms with E-state index in [9.17, 15) is 10.5 Å². The van der Waals surface area contributed by atoms with E-state index in [0.29, 0.717) is 25.7 Å². The van der Waals surface area contributed by atoms with Gasteiger partial charge < -0.3 is 4.23 Å². The fourth-order valence-corrected chi connectivity index (χ4v) is 17.4. The average molecular weight is 596 g/mol. The molecule has 190 valence electrons. The molecule has 0 radical (unpaired) electrons. The summed E-state index contributed by atoms with van der Waals surface area (Å²) in [6, 6.07) is 15.9. The first-order valence-electron chi connectivity index (χ1n) is 11.7. The number of allylic oxidation sites excluding steroid dienone is 2. The van der Waals surface area contributed by atoms with Crippen LogP contribution in [0.4, 0.5) is 0 Å². The van der Waals surface area contributed by atoms with Crippen molar-refractivity contribution in [3.05, 3.63) is 78.9 Å². The van der Waals surface area contributed by atoms with Crippen LogP contribution >= 0.6 is 46.4 Å². The molecule has 3 atom stereocenters. The Balaban J connectivity index is 2.60. The van der Waals surface area contributed by atoms with E-state index in [1.807, 2.05) is 26.0 Å². The first-order chi connectivity index (χ1) is 16.5. The number of nitrogens with zero attached hydrogens (tertiary/aromatic N) is 3. The molecule has 2 aromatic rings. The molecule has 0 heterocycles. The zero-order chi connectivity index (χ0) is 27.4. The zero-order valence-electron chi connectivity index (χ0n) is 21.9. The molecule has 1 aliphatic carbocycles. The SMILES string of the molecule is C[C@@]1(c2ccc(Cl)cc2Cl)C(C#N)=C(N([Si](C)(C)C)[Si](C)(C)C)C(C#N)[C@@]1(C)c1ccc(Cl)cc1Cl. The first kappa shape index (κ1) is 29.1. The second-order valence-electron chi connectivity index (χ2n) is 11.7. The summed E-state index contributed by atoms with van der Waals surface area (Å²) in [7, 11) is -4.10. The van der Waals surface area contributed by atoms with E-state index < -0.39 is 33.2 Å². The molecule has 2 aromatic carbocycles. The Hall–Kier alpha value is -1.45. The third-order valence-electron chi connectivity index (χ3n) is 7.43. The van der Waals surface area contributed by atoms with E-state index in [-0.39, 0.29) is 0 Å². The highest BCUT2D eigenvalue weighted by Gasteiger charge is 2.64. The van der Waals surface area contributed by atoms with Gasteiger partial charge in [-0.2, -0.15) is 10.5 Å². The van der Waals surface area contributed by atoms with Gasteiger partial charge in [0.15, 0.2) is 0 Å². The Morgan fingerprint density at radius 2 is 1.22 bits per heavy atom. The van der Waals surface area contributed by atoms with Crippen LogP contribution in [0.2, 0.25) is 59.4 Å². The molecule has 1 aliphatic rings. The standard InChI is InChI=1S/C27H31Cl4N3Si2/c1-26(19-11-9-17(28)13-23(19)30)21(15-32)25(34(35(3,4)5)36(6,7)8)22(16-33)27(26,2)20-12-10-18(29)14-24(20)31/h9-14,21H,1-8H3/t21?,26-,27-/m1/s1. The maximum atomic E-state index is 10.9. The molecule has 0 saturated carbocycles. The van der Waals surface area contributed by atoms with Crippen LogP contribution in [-0.4, -0.2) is 20.7 Å². The molecule has 3 rings (SSSR count). The smallest absolute Gasteiger partial charge is 0.138 e. The Kier molecular flexibility index (Phi) is 7.84. The summed E-state index contributed by atoms with van der Waals surface area (Å²) in [5, 5.41) is 23.6. The average Bonchev–Trinajstić information content (AvgIpc) is 2.89. The Morgan fingerprint density at radius 3 is 1.58 bits per heavy atom. The molecule has 0 aromatic heterocycles. The Morgan fingerprint density at radius 1 is 0.778 bits per heavy atom. The molecule has 36 heavy (non-hydrogen) atoms. The molecule has 0 saturated heterocycles. The van der Waals surface area contributed by atoms with Crippen LogP contribution in [0, 0.1) is 28.6 Å². The van der Waals surface area contributed by atoms with E-state index in [1.54, 1.807) is 24.3 Å². The van der Waals surface area contributed by atoms with Gasteiger partial charge in [0.1, 0.15) is 16.5 Å². The van der Waals surface area contributed by atoms with E-state index in [1.165, 1.54) is 0 Å². The number of rotatable bonds is 5. The molecule has 1 unspecified atom stereocenters. The number of halogens is 4. The van der Waals surface area contributed by atoms with Gasteiger partial charge in [0.25, 0.3) is 0 Å². The minimum Gasteiger partial charge on any atom is -0.426 e. The highest BCUT2D eigenvalue weighted by Crippen LogP contribution is 2.64. The minimum absolute atomic E-state index is 0.444. The lowest BCUT2D eigenvalue weighted by molar-refractivity contribution is 0.282. The molecule has 0 amide bonds. The van der Waals surface area contributed by atoms with Gasteiger partial charge in [-0.05, 0) is 42.3 Å². The van der Waals surface area contributed by atoms with Crippen molar-refractivity contribution in [2.45, 2.75) is 64.0 Å². The van der Waals surface area contributed by atoms with Crippen LogP contribution in [0.5, 0.6) is 0 Å². The van der Waals surface area contributed by atoms with E-state index >= 15 is 0 Å². The normalized spacial score (nSPS) is 24.4. The summed E-state index contributed by atoms with van der Waals surface area (Å²) >= 11 is 26.3. The molecule has 9 heteroatoms. The zero-order valence-corrected chi connectivity index (χ0v) is 26.9. The molecule has 0 fully saturated rings. The van der Waals surface area contributed by atoms with Crippen molar-refractivity contribution >= 4 is 62.9 Å². The van der Waals surface area contributed by atoms with Gasteiger partial charge in [-0.25, -0.2) is 0 Å². The number of nitriles is 2. The molecule has 0 spiro atoms. The van der Waals surface area contributed by atoms with Crippen LogP contribution in [-0.2, 0) is 10.8 Å². The van der Waals surface area contributed by atoms with Gasteiger partial charge in [0, 0.05) is 36.6 Å². The Bertz CT molecular complexity index is 1320. The lowest BCUT2D eigenvalue weighted by Gasteiger charge is -2.49. The number of hydrogen-bond acceptors (Lipinski definition) is 3. The predicted molar refractivity (Wildman–Crippen MR) is 158 cm³/mol. The summed E-state index contributed by atoms with van der Waals surface area (Å²) < 4.78 is 2.48. The quantitative estimate of drug-likeness (QED) is 0.324. The van der Waals surface area contributed by atoms with Crippen molar-refractivity contribution in [2.24, 2.45) is 5.92 Å². The minimum atomic E-state index is -2.05. The van der Waals surface area contributed by atoms with E-state index in [2.05, 4.69) is 55.7 Å². The number of benzene rings is 2. The van der Waals surface area contributed by atoms with Gasteiger partial charge in [-0.3, -0.25) is 0 Å². The molecule has 0 N–H and O–H groups in total. The first-order valence-corrected chi connectivity index (χ1v) is 20.1. The largest absolute Gasteiger partial charge is 0.426 e. The van der Waals surface area contributed by atoms with Gasteiger partial charge >= 0.3 is 0 Å². The molecular weight excluding hydrogens is 564 g/mol. The van der Waals surface area contributed by atoms with Crippen LogP contribution in [0.3, 0.4) is 0 Å². The van der Waals surface area contributed by atoms with Gasteiger partial charge in [-0.1, -0.05) is 105 Å². The van der Waals surface area contributed by atoms with Crippen LogP contribution < -0.4 is 0 Å². The van der Waals surface area contributed by atoms with Crippen LogP contribution in [0.15, 0.2) is 47.7 Å². The fraction of sp³-hybridized carbons (Fsp3) is 0.407. The lowest BCUT2D eigenvalue weighted by Crippen LogP contribution is -2.59. The molecule has 3 nitrogen and oxygen atoms in total. The summed E-state index contributed by atoms with van der Waals surface area (Å²) in [5.74, 6) is -0.652. The highest BCUT2D eigenvalue weighted by molar-refractivity contribution is 6.90. The second-order valence-corrected chi connectivity index (χ2v) is 23.4. The van der Waals surface area contributed by atoms with Crippen molar-refractivity contribution in [1.82, 2.24) is 4.23 Å². The van der Waals surface area contributed by atoms with Crippen molar-refractivity contribution in [3.8, 4) is 12.1 Å². The molecular formula is C27H31Cl4N3Si2. The van der Waals surface area contributed by atoms with E-state index in [4.69, 9.17) is 46.4 Å². The summed E-state index contributed by atoms with van der Waals surface area (Å²) in [6.07, 6.45) is 0. The van der Waals surface area contributed by atoms with E-state index in [0.717, 1.165) is 16.8 Å². The number of hydrogen-bond donors (Lipinski definition) is 0. The molecule has 0 bridgehead atoms. The maximum Gasteiger partial charge on any atom is 0.138 e. The monoisotopic (exact) mass is 593 g/mol. The highest BCUT2D eigenvalue weighted by atomic mass is 35.5. The maximum absolute atomic E-state index is 10.9. The van der Waals surface area contributed by atoms with Crippen molar-refractivity contribution in [2.75, 3.05) is 0 Å². The third kappa shape index (κ3) is 4.43. The molecule has 0 aliphatic heterocycles. The topological polar surface area (TPSA) is 50.8 Å². The summed E-state index contributed by atoms with van der Waals surface area (Å²) in [5.41, 5.74) is 0.937. The predicted octanol–water partition coefficient (Wildman–Crippen LogP) is 9.42. The van der Waals surface area contributed by atoms with Gasteiger partial charge in [0.2, 0.25) is 0 Å². The van der Waals surface area contributed by atoms with Crippen LogP contribution in [0.1, 0.15) is 25.0 Å². The van der Waals surface area contributed by atoms with Crippen LogP contribution in [0.25, 0.3) is 0 Å².